The molecule has 0 bridgehead atoms. The Morgan fingerprint density at radius 1 is 1.15 bits per heavy atom. The third-order valence-corrected chi connectivity index (χ3v) is 7.26. The number of amides is 2. The van der Waals surface area contributed by atoms with E-state index in [4.69, 9.17) is 13.9 Å². The van der Waals surface area contributed by atoms with Crippen LogP contribution in [-0.2, 0) is 11.4 Å². The molecule has 2 aromatic carbocycles. The number of aliphatic hydroxyl groups is 1. The Morgan fingerprint density at radius 3 is 2.51 bits per heavy atom. The average Bonchev–Trinajstić information content (AvgIpc) is 3.67. The summed E-state index contributed by atoms with van der Waals surface area (Å²) < 4.78 is 17.4. The Bertz CT molecular complexity index is 1600. The maximum Gasteiger partial charge on any atom is 0.347 e. The molecule has 0 spiro atoms. The second-order valence-corrected chi connectivity index (χ2v) is 10.2. The zero-order chi connectivity index (χ0) is 29.1. The number of carboxylic acids is 1. The Kier molecular flexibility index (Phi) is 7.94. The Labute approximate surface area is 237 Å². The molecule has 14 heteroatoms. The summed E-state index contributed by atoms with van der Waals surface area (Å²) >= 11 is 0.730. The molecule has 1 unspecified atom stereocenters. The van der Waals surface area contributed by atoms with Crippen LogP contribution < -0.4 is 14.8 Å². The number of thiazole rings is 1. The largest absolute Gasteiger partial charge is 0.493 e. The fraction of sp³-hybridized carbons (Fsp3) is 0.259. The zero-order valence-corrected chi connectivity index (χ0v) is 22.8. The van der Waals surface area contributed by atoms with Crippen molar-refractivity contribution in [2.24, 2.45) is 5.92 Å². The van der Waals surface area contributed by atoms with Crippen LogP contribution in [0.4, 0.5) is 5.13 Å². The summed E-state index contributed by atoms with van der Waals surface area (Å²) in [6.45, 7) is 1.88. The molecule has 2 amide bonds. The molecule has 1 aliphatic heterocycles. The van der Waals surface area contributed by atoms with Crippen molar-refractivity contribution in [2.75, 3.05) is 25.5 Å². The number of rotatable bonds is 10. The number of aryl methyl sites for hydroxylation is 1. The van der Waals surface area contributed by atoms with E-state index >= 15 is 0 Å². The van der Waals surface area contributed by atoms with Crippen molar-refractivity contribution in [3.8, 4) is 28.7 Å². The highest BCUT2D eigenvalue weighted by molar-refractivity contribution is 7.17. The van der Waals surface area contributed by atoms with Gasteiger partial charge in [-0.15, -0.1) is 10.2 Å². The van der Waals surface area contributed by atoms with E-state index < -0.39 is 18.5 Å². The van der Waals surface area contributed by atoms with E-state index in [0.29, 0.717) is 41.8 Å². The molecule has 41 heavy (non-hydrogen) atoms. The summed E-state index contributed by atoms with van der Waals surface area (Å²) in [6, 6.07) is 11.5. The summed E-state index contributed by atoms with van der Waals surface area (Å²) in [5, 5.41) is 29.1. The molecule has 3 N–H and O–H groups in total. The predicted molar refractivity (Wildman–Crippen MR) is 145 cm³/mol. The van der Waals surface area contributed by atoms with E-state index in [2.05, 4.69) is 20.5 Å². The molecule has 0 radical (unpaired) electrons. The van der Waals surface area contributed by atoms with Gasteiger partial charge < -0.3 is 29.0 Å². The smallest absolute Gasteiger partial charge is 0.347 e. The van der Waals surface area contributed by atoms with Crippen molar-refractivity contribution in [1.29, 1.82) is 0 Å². The molecule has 1 atom stereocenters. The van der Waals surface area contributed by atoms with Gasteiger partial charge in [-0.1, -0.05) is 11.3 Å². The van der Waals surface area contributed by atoms with Gasteiger partial charge in [0.1, 0.15) is 22.1 Å². The zero-order valence-electron chi connectivity index (χ0n) is 22.0. The van der Waals surface area contributed by atoms with Gasteiger partial charge in [-0.3, -0.25) is 14.9 Å². The van der Waals surface area contributed by atoms with Crippen LogP contribution in [0.5, 0.6) is 17.2 Å². The molecular formula is C27H25N5O8S. The van der Waals surface area contributed by atoms with Gasteiger partial charge in [0.25, 0.3) is 5.91 Å². The van der Waals surface area contributed by atoms with Crippen molar-refractivity contribution in [3.63, 3.8) is 0 Å². The van der Waals surface area contributed by atoms with Crippen molar-refractivity contribution in [1.82, 2.24) is 20.1 Å². The van der Waals surface area contributed by atoms with Gasteiger partial charge in [-0.25, -0.2) is 9.78 Å². The summed E-state index contributed by atoms with van der Waals surface area (Å²) in [5.74, 6) is -0.320. The quantitative estimate of drug-likeness (QED) is 0.250. The summed E-state index contributed by atoms with van der Waals surface area (Å²) in [7, 11) is 1.74. The average molecular weight is 580 g/mol. The van der Waals surface area contributed by atoms with Crippen molar-refractivity contribution < 1.29 is 38.5 Å². The van der Waals surface area contributed by atoms with Gasteiger partial charge in [-0.2, -0.15) is 0 Å². The fourth-order valence-corrected chi connectivity index (χ4v) is 4.96. The first-order valence-corrected chi connectivity index (χ1v) is 13.3. The summed E-state index contributed by atoms with van der Waals surface area (Å²) in [6.07, 6.45) is 0.661. The molecule has 13 nitrogen and oxygen atoms in total. The van der Waals surface area contributed by atoms with Crippen LogP contribution in [0.1, 0.15) is 38.0 Å². The molecule has 3 heterocycles. The number of aromatic carboxylic acids is 1. The van der Waals surface area contributed by atoms with Crippen LogP contribution in [0, 0.1) is 12.8 Å². The maximum absolute atomic E-state index is 13.2. The number of carboxylic acid groups (broad SMARTS) is 1. The van der Waals surface area contributed by atoms with E-state index in [-0.39, 0.29) is 45.4 Å². The second-order valence-electron chi connectivity index (χ2n) is 9.21. The number of benzene rings is 2. The first kappa shape index (κ1) is 27.7. The van der Waals surface area contributed by atoms with Gasteiger partial charge in [0.05, 0.1) is 24.8 Å². The first-order chi connectivity index (χ1) is 19.7. The molecule has 1 saturated heterocycles. The van der Waals surface area contributed by atoms with Crippen LogP contribution in [0.25, 0.3) is 11.5 Å². The third kappa shape index (κ3) is 6.34. The Morgan fingerprint density at radius 2 is 1.90 bits per heavy atom. The Balaban J connectivity index is 1.38. The van der Waals surface area contributed by atoms with Crippen LogP contribution >= 0.6 is 11.3 Å². The lowest BCUT2D eigenvalue weighted by Gasteiger charge is -2.14. The lowest BCUT2D eigenvalue weighted by atomic mass is 10.1. The molecule has 1 fully saturated rings. The number of carbonyl (C=O) groups excluding carboxylic acids is 2. The molecule has 1 aliphatic rings. The number of ether oxygens (including phenoxy) is 2. The maximum atomic E-state index is 13.2. The van der Waals surface area contributed by atoms with Crippen molar-refractivity contribution >= 4 is 34.3 Å². The minimum atomic E-state index is -1.26. The van der Waals surface area contributed by atoms with Gasteiger partial charge in [-0.05, 0) is 42.8 Å². The molecular weight excluding hydrogens is 554 g/mol. The number of anilines is 1. The standard InChI is InChI=1S/C27H25N5O8S/c1-14-30-31-24(39-14)15-3-5-18(6-4-15)40-20-10-17(9-19(11-20)38-13-16-7-8-32(2)25(16)35)23(34)29-27-28-21(12-33)22(41-27)26(36)37/h3-6,9-11,16,33H,7-8,12-13H2,1-2H3,(H,36,37)(H,28,29,34). The number of likely N-dealkylation sites (tertiary alicyclic amines) is 1. The number of hydrogen-bond acceptors (Lipinski definition) is 11. The van der Waals surface area contributed by atoms with Crippen molar-refractivity contribution in [2.45, 2.75) is 20.0 Å². The molecule has 2 aromatic heterocycles. The first-order valence-electron chi connectivity index (χ1n) is 12.5. The van der Waals surface area contributed by atoms with E-state index in [1.165, 1.54) is 12.1 Å². The number of aromatic nitrogens is 3. The number of hydrogen-bond donors (Lipinski definition) is 3. The lowest BCUT2D eigenvalue weighted by molar-refractivity contribution is -0.130. The van der Waals surface area contributed by atoms with Gasteiger partial charge in [0, 0.05) is 37.7 Å². The third-order valence-electron chi connectivity index (χ3n) is 6.26. The predicted octanol–water partition coefficient (Wildman–Crippen LogP) is 3.59. The molecule has 0 aliphatic carbocycles. The second kappa shape index (κ2) is 11.7. The highest BCUT2D eigenvalue weighted by Crippen LogP contribution is 2.31. The molecule has 5 rings (SSSR count). The fourth-order valence-electron chi connectivity index (χ4n) is 4.15. The number of nitrogens with one attached hydrogen (secondary N) is 1. The Hall–Kier alpha value is -4.82. The van der Waals surface area contributed by atoms with Gasteiger partial charge >= 0.3 is 5.97 Å². The highest BCUT2D eigenvalue weighted by atomic mass is 32.1. The normalized spacial score (nSPS) is 14.8. The SMILES string of the molecule is Cc1nnc(-c2ccc(Oc3cc(OCC4CCN(C)C4=O)cc(C(=O)Nc4nc(CO)c(C(=O)O)s4)c3)cc2)o1. The topological polar surface area (TPSA) is 177 Å². The van der Waals surface area contributed by atoms with Crippen LogP contribution in [0.15, 0.2) is 46.9 Å². The highest BCUT2D eigenvalue weighted by Gasteiger charge is 2.29. The van der Waals surface area contributed by atoms with Crippen LogP contribution in [0.3, 0.4) is 0 Å². The molecule has 4 aromatic rings. The molecule has 212 valence electrons. The van der Waals surface area contributed by atoms with Crippen molar-refractivity contribution in [3.05, 3.63) is 64.5 Å². The van der Waals surface area contributed by atoms with Crippen LogP contribution in [0.2, 0.25) is 0 Å². The van der Waals surface area contributed by atoms with E-state index in [1.54, 1.807) is 49.2 Å². The minimum absolute atomic E-state index is 0.00964. The number of carbonyl (C=O) groups is 3. The number of nitrogens with zero attached hydrogens (tertiary/aromatic N) is 4. The molecule has 0 saturated carbocycles. The number of aliphatic hydroxyl groups excluding tert-OH is 1. The van der Waals surface area contributed by atoms with Gasteiger partial charge in [0.15, 0.2) is 5.13 Å². The van der Waals surface area contributed by atoms with E-state index in [1.807, 2.05) is 0 Å². The summed E-state index contributed by atoms with van der Waals surface area (Å²) in [5.41, 5.74) is 0.792. The lowest BCUT2D eigenvalue weighted by Crippen LogP contribution is -2.25. The van der Waals surface area contributed by atoms with Crippen LogP contribution in [-0.4, -0.2) is 68.3 Å². The van der Waals surface area contributed by atoms with Gasteiger partial charge in [0.2, 0.25) is 17.7 Å². The summed E-state index contributed by atoms with van der Waals surface area (Å²) in [4.78, 5) is 42.4. The minimum Gasteiger partial charge on any atom is -0.493 e. The van der Waals surface area contributed by atoms with E-state index in [0.717, 1.165) is 11.3 Å². The van der Waals surface area contributed by atoms with E-state index in [9.17, 15) is 24.6 Å². The monoisotopic (exact) mass is 579 g/mol.